The van der Waals surface area contributed by atoms with Gasteiger partial charge >= 0.3 is 0 Å². The molecule has 1 saturated heterocycles. The third kappa shape index (κ3) is 1.82. The van der Waals surface area contributed by atoms with Crippen molar-refractivity contribution in [3.63, 3.8) is 0 Å². The van der Waals surface area contributed by atoms with Gasteiger partial charge < -0.3 is 9.15 Å². The quantitative estimate of drug-likeness (QED) is 0.741. The van der Waals surface area contributed by atoms with Crippen LogP contribution in [0.1, 0.15) is 25.1 Å². The van der Waals surface area contributed by atoms with Crippen molar-refractivity contribution in [3.8, 4) is 0 Å². The van der Waals surface area contributed by atoms with Gasteiger partial charge in [0.15, 0.2) is 6.29 Å². The number of ether oxygens (including phenoxy) is 1. The fourth-order valence-corrected chi connectivity index (χ4v) is 1.69. The van der Waals surface area contributed by atoms with Crippen molar-refractivity contribution in [1.29, 1.82) is 0 Å². The summed E-state index contributed by atoms with van der Waals surface area (Å²) in [5, 5.41) is 1.79. The molecule has 0 aromatic carbocycles. The van der Waals surface area contributed by atoms with E-state index in [0.717, 1.165) is 12.2 Å². The Morgan fingerprint density at radius 2 is 2.50 bits per heavy atom. The Labute approximate surface area is 83.4 Å². The number of hydroxylamine groups is 2. The van der Waals surface area contributed by atoms with E-state index < -0.39 is 0 Å². The summed E-state index contributed by atoms with van der Waals surface area (Å²) in [7, 11) is 1.90. The van der Waals surface area contributed by atoms with E-state index in [4.69, 9.17) is 14.0 Å². The second kappa shape index (κ2) is 4.13. The van der Waals surface area contributed by atoms with Gasteiger partial charge in [-0.25, -0.2) is 0 Å². The van der Waals surface area contributed by atoms with E-state index in [2.05, 4.69) is 0 Å². The van der Waals surface area contributed by atoms with Crippen molar-refractivity contribution in [3.05, 3.63) is 24.2 Å². The van der Waals surface area contributed by atoms with Crippen LogP contribution < -0.4 is 0 Å². The van der Waals surface area contributed by atoms with Gasteiger partial charge in [0.25, 0.3) is 0 Å². The lowest BCUT2D eigenvalue weighted by atomic mass is 10.1. The lowest BCUT2D eigenvalue weighted by Gasteiger charge is -2.14. The molecule has 0 amide bonds. The first-order valence-corrected chi connectivity index (χ1v) is 4.86. The first-order valence-electron chi connectivity index (χ1n) is 4.86. The topological polar surface area (TPSA) is 34.8 Å². The van der Waals surface area contributed by atoms with Crippen LogP contribution in [-0.2, 0) is 9.57 Å². The minimum absolute atomic E-state index is 0.139. The standard InChI is InChI=1S/C10H15NO3/c1-3-12-10-7-8(11(2)14-10)9-5-4-6-13-9/h4-6,8,10H,3,7H2,1-2H3. The highest BCUT2D eigenvalue weighted by atomic mass is 16.8. The van der Waals surface area contributed by atoms with Gasteiger partial charge in [0.1, 0.15) is 5.76 Å². The van der Waals surface area contributed by atoms with E-state index in [0.29, 0.717) is 6.61 Å². The Morgan fingerprint density at radius 3 is 3.14 bits per heavy atom. The zero-order valence-corrected chi connectivity index (χ0v) is 8.47. The van der Waals surface area contributed by atoms with E-state index in [9.17, 15) is 0 Å². The summed E-state index contributed by atoms with van der Waals surface area (Å²) in [5.74, 6) is 0.926. The Hall–Kier alpha value is -0.840. The summed E-state index contributed by atoms with van der Waals surface area (Å²) in [6.45, 7) is 2.63. The third-order valence-corrected chi connectivity index (χ3v) is 2.36. The maximum atomic E-state index is 5.49. The zero-order chi connectivity index (χ0) is 9.97. The van der Waals surface area contributed by atoms with E-state index >= 15 is 0 Å². The first kappa shape index (κ1) is 9.71. The summed E-state index contributed by atoms with van der Waals surface area (Å²) in [6, 6.07) is 4.01. The van der Waals surface area contributed by atoms with Crippen molar-refractivity contribution >= 4 is 0 Å². The highest BCUT2D eigenvalue weighted by Gasteiger charge is 2.33. The molecule has 1 aliphatic heterocycles. The largest absolute Gasteiger partial charge is 0.468 e. The van der Waals surface area contributed by atoms with Crippen LogP contribution in [0.15, 0.2) is 22.8 Å². The third-order valence-electron chi connectivity index (χ3n) is 2.36. The average molecular weight is 197 g/mol. The van der Waals surface area contributed by atoms with Gasteiger partial charge in [-0.1, -0.05) is 0 Å². The van der Waals surface area contributed by atoms with Gasteiger partial charge in [-0.15, -0.1) is 0 Å². The van der Waals surface area contributed by atoms with Crippen molar-refractivity contribution < 1.29 is 14.0 Å². The first-order chi connectivity index (χ1) is 6.81. The van der Waals surface area contributed by atoms with E-state index in [1.54, 1.807) is 11.3 Å². The molecule has 0 radical (unpaired) electrons. The van der Waals surface area contributed by atoms with Crippen LogP contribution in [-0.4, -0.2) is 25.0 Å². The molecule has 2 atom stereocenters. The molecular formula is C10H15NO3. The molecule has 0 spiro atoms. The van der Waals surface area contributed by atoms with Gasteiger partial charge in [-0.05, 0) is 19.1 Å². The maximum absolute atomic E-state index is 5.49. The smallest absolute Gasteiger partial charge is 0.179 e. The monoisotopic (exact) mass is 197 g/mol. The highest BCUT2D eigenvalue weighted by Crippen LogP contribution is 2.33. The molecule has 4 nitrogen and oxygen atoms in total. The number of furan rings is 1. The van der Waals surface area contributed by atoms with Crippen LogP contribution in [0.5, 0.6) is 0 Å². The summed E-state index contributed by atoms with van der Waals surface area (Å²) >= 11 is 0. The molecule has 1 aromatic heterocycles. The number of hydrogen-bond donors (Lipinski definition) is 0. The molecule has 0 aliphatic carbocycles. The van der Waals surface area contributed by atoms with Crippen LogP contribution >= 0.6 is 0 Å². The van der Waals surface area contributed by atoms with Gasteiger partial charge in [-0.3, -0.25) is 4.84 Å². The lowest BCUT2D eigenvalue weighted by molar-refractivity contribution is -0.228. The predicted octanol–water partition coefficient (Wildman–Crippen LogP) is 1.95. The second-order valence-electron chi connectivity index (χ2n) is 3.30. The zero-order valence-electron chi connectivity index (χ0n) is 8.47. The van der Waals surface area contributed by atoms with Crippen molar-refractivity contribution in [2.24, 2.45) is 0 Å². The molecule has 14 heavy (non-hydrogen) atoms. The number of rotatable bonds is 3. The van der Waals surface area contributed by atoms with E-state index in [1.807, 2.05) is 26.1 Å². The average Bonchev–Trinajstić information content (AvgIpc) is 2.74. The van der Waals surface area contributed by atoms with Crippen molar-refractivity contribution in [1.82, 2.24) is 5.06 Å². The fraction of sp³-hybridized carbons (Fsp3) is 0.600. The normalized spacial score (nSPS) is 28.4. The molecule has 2 heterocycles. The Balaban J connectivity index is 2.01. The molecule has 1 fully saturated rings. The fourth-order valence-electron chi connectivity index (χ4n) is 1.69. The summed E-state index contributed by atoms with van der Waals surface area (Å²) in [6.07, 6.45) is 2.36. The predicted molar refractivity (Wildman–Crippen MR) is 50.3 cm³/mol. The second-order valence-corrected chi connectivity index (χ2v) is 3.30. The van der Waals surface area contributed by atoms with Crippen LogP contribution in [0, 0.1) is 0 Å². The maximum Gasteiger partial charge on any atom is 0.179 e. The molecule has 4 heteroatoms. The molecule has 1 aliphatic rings. The van der Waals surface area contributed by atoms with E-state index in [1.165, 1.54) is 0 Å². The summed E-state index contributed by atoms with van der Waals surface area (Å²) in [5.41, 5.74) is 0. The molecule has 1 aromatic rings. The lowest BCUT2D eigenvalue weighted by Crippen LogP contribution is -2.17. The Bertz CT molecular complexity index is 273. The molecule has 78 valence electrons. The molecule has 2 rings (SSSR count). The van der Waals surface area contributed by atoms with Crippen LogP contribution in [0.3, 0.4) is 0 Å². The van der Waals surface area contributed by atoms with Crippen LogP contribution in [0.4, 0.5) is 0 Å². The summed E-state index contributed by atoms with van der Waals surface area (Å²) < 4.78 is 10.7. The number of nitrogens with zero attached hydrogens (tertiary/aromatic N) is 1. The van der Waals surface area contributed by atoms with Gasteiger partial charge in [0, 0.05) is 20.1 Å². The number of hydrogen-bond acceptors (Lipinski definition) is 4. The highest BCUT2D eigenvalue weighted by molar-refractivity contribution is 5.04. The Morgan fingerprint density at radius 1 is 1.64 bits per heavy atom. The molecule has 0 N–H and O–H groups in total. The molecular weight excluding hydrogens is 182 g/mol. The van der Waals surface area contributed by atoms with Gasteiger partial charge in [-0.2, -0.15) is 5.06 Å². The summed E-state index contributed by atoms with van der Waals surface area (Å²) in [4.78, 5) is 5.49. The van der Waals surface area contributed by atoms with Crippen molar-refractivity contribution in [2.45, 2.75) is 25.7 Å². The minimum Gasteiger partial charge on any atom is -0.468 e. The SMILES string of the molecule is CCOC1CC(c2ccco2)N(C)O1. The van der Waals surface area contributed by atoms with E-state index in [-0.39, 0.29) is 12.3 Å². The van der Waals surface area contributed by atoms with Gasteiger partial charge in [0.05, 0.1) is 12.3 Å². The Kier molecular flexibility index (Phi) is 2.86. The molecule has 0 bridgehead atoms. The van der Waals surface area contributed by atoms with Crippen LogP contribution in [0.2, 0.25) is 0 Å². The molecule has 0 saturated carbocycles. The van der Waals surface area contributed by atoms with Gasteiger partial charge in [0.2, 0.25) is 0 Å². The van der Waals surface area contributed by atoms with Crippen molar-refractivity contribution in [2.75, 3.05) is 13.7 Å². The minimum atomic E-state index is -0.139. The molecule has 2 unspecified atom stereocenters. The van der Waals surface area contributed by atoms with Crippen LogP contribution in [0.25, 0.3) is 0 Å².